The lowest BCUT2D eigenvalue weighted by Gasteiger charge is -2.32. The van der Waals surface area contributed by atoms with E-state index >= 15 is 0 Å². The molecule has 0 spiro atoms. The number of hydrogen-bond acceptors (Lipinski definition) is 12. The normalized spacial score (nSPS) is 28.6. The van der Waals surface area contributed by atoms with Gasteiger partial charge < -0.3 is 25.4 Å². The summed E-state index contributed by atoms with van der Waals surface area (Å²) in [6, 6.07) is 1.56. The monoisotopic (exact) mass is 754 g/mol. The first-order valence-corrected chi connectivity index (χ1v) is 19.5. The van der Waals surface area contributed by atoms with Crippen molar-refractivity contribution >= 4 is 49.5 Å². The largest absolute Gasteiger partial charge is 0.444 e. The van der Waals surface area contributed by atoms with Gasteiger partial charge in [0.25, 0.3) is 11.6 Å². The lowest BCUT2D eigenvalue weighted by molar-refractivity contribution is -0.387. The van der Waals surface area contributed by atoms with Gasteiger partial charge in [0.2, 0.25) is 31.9 Å². The second kappa shape index (κ2) is 14.1. The number of fused-ring (bicyclic) bond motifs is 2. The van der Waals surface area contributed by atoms with Crippen molar-refractivity contribution in [1.82, 2.24) is 24.6 Å². The van der Waals surface area contributed by atoms with Gasteiger partial charge in [0.1, 0.15) is 23.2 Å². The summed E-state index contributed by atoms with van der Waals surface area (Å²) in [6.07, 6.45) is 1.79. The average molecular weight is 755 g/mol. The van der Waals surface area contributed by atoms with Crippen molar-refractivity contribution in [2.45, 2.75) is 98.8 Å². The number of nitro groups is 1. The Morgan fingerprint density at radius 2 is 1.80 bits per heavy atom. The van der Waals surface area contributed by atoms with Gasteiger partial charge >= 0.3 is 6.09 Å². The molecule has 280 valence electrons. The lowest BCUT2D eigenvalue weighted by Crippen LogP contribution is -2.60. The number of alkyl carbamates (subject to hydrolysis) is 1. The van der Waals surface area contributed by atoms with E-state index in [1.807, 2.05) is 0 Å². The van der Waals surface area contributed by atoms with Crippen LogP contribution in [0.15, 0.2) is 41.3 Å². The van der Waals surface area contributed by atoms with Gasteiger partial charge in [-0.3, -0.25) is 29.2 Å². The van der Waals surface area contributed by atoms with Gasteiger partial charge in [-0.1, -0.05) is 24.3 Å². The molecule has 0 aromatic heterocycles. The molecule has 4 aliphatic rings. The number of allylic oxidation sites excluding steroid dienone is 1. The van der Waals surface area contributed by atoms with Crippen LogP contribution in [0, 0.1) is 16.0 Å². The minimum atomic E-state index is -4.70. The topological polar surface area (TPSA) is 252 Å². The molecule has 0 bridgehead atoms. The quantitative estimate of drug-likeness (QED) is 0.166. The van der Waals surface area contributed by atoms with Crippen LogP contribution in [0.1, 0.15) is 59.3 Å². The Bertz CT molecular complexity index is 1840. The van der Waals surface area contributed by atoms with Crippen LogP contribution < -0.4 is 15.4 Å². The number of benzene rings is 1. The molecule has 5 rings (SSSR count). The van der Waals surface area contributed by atoms with Crippen LogP contribution in [0.4, 0.5) is 10.5 Å². The molecule has 5 atom stereocenters. The van der Waals surface area contributed by atoms with E-state index in [4.69, 9.17) is 4.74 Å². The number of ether oxygens (including phenoxy) is 1. The van der Waals surface area contributed by atoms with Crippen molar-refractivity contribution in [3.05, 3.63) is 46.5 Å². The number of sulfonamides is 2. The summed E-state index contributed by atoms with van der Waals surface area (Å²) < 4.78 is 61.7. The number of carbonyl (C=O) groups excluding carboxylic acids is 4. The summed E-state index contributed by atoms with van der Waals surface area (Å²) in [5, 5.41) is 26.8. The SMILES string of the molecule is CC(C)(C)OC(=O)N[C@H]1CN(S(=O)(=O)c2ccccc2[N+](=O)[O-])CCC/C=C\[C@@H]2C[C@@]2(C(=O)NS(=O)(=O)C2CC2)NC(=O)[C@@H]2C[C@@H](O)CN2C1=O. The molecule has 2 saturated carbocycles. The maximum Gasteiger partial charge on any atom is 0.408 e. The first-order chi connectivity index (χ1) is 23.7. The average Bonchev–Trinajstić information content (AvgIpc) is 3.95. The summed E-state index contributed by atoms with van der Waals surface area (Å²) in [5.41, 5.74) is -3.42. The lowest BCUT2D eigenvalue weighted by atomic mass is 10.1. The molecule has 1 aromatic carbocycles. The fourth-order valence-corrected chi connectivity index (χ4v) is 9.25. The second-order valence-corrected chi connectivity index (χ2v) is 18.1. The highest BCUT2D eigenvalue weighted by Crippen LogP contribution is 2.46. The third-order valence-electron chi connectivity index (χ3n) is 9.03. The van der Waals surface area contributed by atoms with Crippen LogP contribution in [0.2, 0.25) is 0 Å². The highest BCUT2D eigenvalue weighted by molar-refractivity contribution is 7.91. The first kappa shape index (κ1) is 38.1. The van der Waals surface area contributed by atoms with E-state index in [1.165, 1.54) is 12.1 Å². The number of hydrogen-bond donors (Lipinski definition) is 4. The van der Waals surface area contributed by atoms with Gasteiger partial charge in [-0.2, -0.15) is 4.31 Å². The van der Waals surface area contributed by atoms with Crippen molar-refractivity contribution < 1.29 is 50.8 Å². The summed E-state index contributed by atoms with van der Waals surface area (Å²) >= 11 is 0. The number of amides is 4. The maximum atomic E-state index is 14.3. The molecule has 4 amide bonds. The molecule has 20 heteroatoms. The standard InChI is InChI=1S/C31H42N6O12S2/c1-30(2,3)49-29(42)32-22-18-35(51(47,48)25-11-7-6-10-23(25)37(43)44)14-8-4-5-9-19-16-31(19,28(41)34-50(45,46)21-12-13-21)33-26(39)24-15-20(38)17-36(24)27(22)40/h5-7,9-11,19-22,24,38H,4,8,12-18H2,1-3H3,(H,32,42)(H,33,39)(H,34,41)/b9-5-/t19-,20-,22+,24+,31-/m1/s1. The van der Waals surface area contributed by atoms with E-state index in [1.54, 1.807) is 32.9 Å². The molecular weight excluding hydrogens is 713 g/mol. The molecule has 0 unspecified atom stereocenters. The smallest absolute Gasteiger partial charge is 0.408 e. The highest BCUT2D eigenvalue weighted by Gasteiger charge is 2.62. The van der Waals surface area contributed by atoms with Crippen LogP contribution in [0.3, 0.4) is 0 Å². The molecule has 1 aromatic rings. The Morgan fingerprint density at radius 1 is 1.12 bits per heavy atom. The van der Waals surface area contributed by atoms with Crippen molar-refractivity contribution in [3.63, 3.8) is 0 Å². The number of nitrogens with one attached hydrogen (secondary N) is 3. The Balaban J connectivity index is 1.54. The van der Waals surface area contributed by atoms with Gasteiger partial charge in [-0.15, -0.1) is 0 Å². The fraction of sp³-hybridized carbons (Fsp3) is 0.613. The predicted molar refractivity (Wildman–Crippen MR) is 179 cm³/mol. The molecule has 0 radical (unpaired) electrons. The first-order valence-electron chi connectivity index (χ1n) is 16.5. The number of para-hydroxylation sites is 1. The van der Waals surface area contributed by atoms with E-state index in [2.05, 4.69) is 15.4 Å². The maximum absolute atomic E-state index is 14.3. The molecule has 51 heavy (non-hydrogen) atoms. The number of rotatable bonds is 7. The zero-order valence-electron chi connectivity index (χ0n) is 28.3. The molecule has 4 N–H and O–H groups in total. The molecule has 2 heterocycles. The van der Waals surface area contributed by atoms with Crippen molar-refractivity contribution in [2.75, 3.05) is 19.6 Å². The second-order valence-electron chi connectivity index (χ2n) is 14.2. The summed E-state index contributed by atoms with van der Waals surface area (Å²) in [7, 11) is -8.68. The van der Waals surface area contributed by atoms with E-state index in [0.717, 1.165) is 21.3 Å². The van der Waals surface area contributed by atoms with E-state index in [0.29, 0.717) is 12.8 Å². The van der Waals surface area contributed by atoms with Gasteiger partial charge in [0.15, 0.2) is 4.90 Å². The van der Waals surface area contributed by atoms with E-state index in [-0.39, 0.29) is 32.2 Å². The number of aliphatic hydroxyl groups is 1. The third-order valence-corrected chi connectivity index (χ3v) is 12.8. The van der Waals surface area contributed by atoms with Crippen molar-refractivity contribution in [1.29, 1.82) is 0 Å². The molecule has 2 aliphatic heterocycles. The Labute approximate surface area is 295 Å². The van der Waals surface area contributed by atoms with E-state index < -0.39 is 113 Å². The minimum absolute atomic E-state index is 0.0332. The zero-order valence-corrected chi connectivity index (χ0v) is 29.9. The molecule has 1 saturated heterocycles. The van der Waals surface area contributed by atoms with Gasteiger partial charge in [-0.25, -0.2) is 21.6 Å². The van der Waals surface area contributed by atoms with Crippen LogP contribution >= 0.6 is 0 Å². The third kappa shape index (κ3) is 8.50. The number of nitro benzene ring substituents is 1. The van der Waals surface area contributed by atoms with Crippen LogP contribution in [-0.2, 0) is 39.2 Å². The minimum Gasteiger partial charge on any atom is -0.444 e. The number of carbonyl (C=O) groups is 4. The van der Waals surface area contributed by atoms with Gasteiger partial charge in [0.05, 0.1) is 16.3 Å². The Hall–Kier alpha value is -4.14. The number of aliphatic hydroxyl groups excluding tert-OH is 1. The molecular formula is C31H42N6O12S2. The molecule has 3 fully saturated rings. The molecule has 2 aliphatic carbocycles. The van der Waals surface area contributed by atoms with Crippen molar-refractivity contribution in [2.24, 2.45) is 5.92 Å². The summed E-state index contributed by atoms with van der Waals surface area (Å²) in [4.78, 5) is 65.9. The predicted octanol–water partition coefficient (Wildman–Crippen LogP) is 0.274. The van der Waals surface area contributed by atoms with Crippen LogP contribution in [-0.4, -0.2) is 114 Å². The van der Waals surface area contributed by atoms with Crippen LogP contribution in [0.5, 0.6) is 0 Å². The fourth-order valence-electron chi connectivity index (χ4n) is 6.23. The van der Waals surface area contributed by atoms with Gasteiger partial charge in [-0.05, 0) is 58.9 Å². The summed E-state index contributed by atoms with van der Waals surface area (Å²) in [5.74, 6) is -3.44. The highest BCUT2D eigenvalue weighted by atomic mass is 32.2. The van der Waals surface area contributed by atoms with E-state index in [9.17, 15) is 51.2 Å². The van der Waals surface area contributed by atoms with Crippen molar-refractivity contribution in [3.8, 4) is 0 Å². The molecule has 18 nitrogen and oxygen atoms in total. The zero-order chi connectivity index (χ0) is 37.5. The number of nitrogens with zero attached hydrogens (tertiary/aromatic N) is 3. The van der Waals surface area contributed by atoms with Gasteiger partial charge in [0, 0.05) is 38.0 Å². The van der Waals surface area contributed by atoms with Crippen LogP contribution in [0.25, 0.3) is 0 Å². The Kier molecular flexibility index (Phi) is 10.5. The summed E-state index contributed by atoms with van der Waals surface area (Å²) in [6.45, 7) is 3.28. The Morgan fingerprint density at radius 3 is 2.45 bits per heavy atom.